The van der Waals surface area contributed by atoms with Gasteiger partial charge >= 0.3 is 5.69 Å². The minimum atomic E-state index is -1.11. The lowest BCUT2D eigenvalue weighted by Gasteiger charge is -2.51. The minimum Gasteiger partial charge on any atom is -0.390 e. The van der Waals surface area contributed by atoms with Crippen molar-refractivity contribution in [3.8, 4) is 0 Å². The van der Waals surface area contributed by atoms with E-state index in [-0.39, 0.29) is 31.7 Å². The number of aliphatic hydroxyl groups excluding tert-OH is 1. The molecule has 8 atom stereocenters. The molecule has 1 aromatic carbocycles. The molecule has 4 aliphatic heterocycles. The highest BCUT2D eigenvalue weighted by Crippen LogP contribution is 2.43. The van der Waals surface area contributed by atoms with Gasteiger partial charge < -0.3 is 14.6 Å². The highest BCUT2D eigenvalue weighted by Gasteiger charge is 2.43. The number of halogens is 1. The summed E-state index contributed by atoms with van der Waals surface area (Å²) in [6.45, 7) is 6.46. The van der Waals surface area contributed by atoms with E-state index in [9.17, 15) is 19.1 Å². The van der Waals surface area contributed by atoms with Crippen LogP contribution in [0, 0.1) is 17.7 Å². The largest absolute Gasteiger partial charge is 0.390 e. The topological polar surface area (TPSA) is 140 Å². The van der Waals surface area contributed by atoms with E-state index in [0.717, 1.165) is 53.2 Å². The van der Waals surface area contributed by atoms with Gasteiger partial charge in [-0.3, -0.25) is 24.2 Å². The van der Waals surface area contributed by atoms with Crippen molar-refractivity contribution in [1.82, 2.24) is 34.4 Å². The standard InChI is InChI=1S/C31H34FN7O5/c1-2-18-13-37-10-8-19(18)11-25(37)29(22-7-9-33-24-6-4-3-5-21(22)24)43-17-20-14-38(36-35-20)16-27-26(40)12-28(44-27)39-15-23(32)30(41)34-31(39)42/h2-7,9,14-15,18-19,25-29,40H,1,8,10-13,16-17H2,(H,34,41,42)/t18?,19?,25-,26?,27?,28?,29+/m1/s1. The fourth-order valence-corrected chi connectivity index (χ4v) is 7.04. The summed E-state index contributed by atoms with van der Waals surface area (Å²) < 4.78 is 28.9. The molecule has 0 aliphatic carbocycles. The van der Waals surface area contributed by atoms with E-state index in [1.807, 2.05) is 35.4 Å². The Morgan fingerprint density at radius 3 is 2.91 bits per heavy atom. The second-order valence-electron chi connectivity index (χ2n) is 11.9. The lowest BCUT2D eigenvalue weighted by Crippen LogP contribution is -2.55. The van der Waals surface area contributed by atoms with E-state index in [4.69, 9.17) is 9.47 Å². The van der Waals surface area contributed by atoms with E-state index < -0.39 is 35.5 Å². The van der Waals surface area contributed by atoms with Crippen LogP contribution in [0.3, 0.4) is 0 Å². The molecule has 0 saturated carbocycles. The van der Waals surface area contributed by atoms with Crippen molar-refractivity contribution >= 4 is 10.9 Å². The first kappa shape index (κ1) is 28.7. The number of piperidine rings is 3. The lowest BCUT2D eigenvalue weighted by atomic mass is 9.73. The molecule has 2 bridgehead atoms. The summed E-state index contributed by atoms with van der Waals surface area (Å²) in [5, 5.41) is 20.2. The summed E-state index contributed by atoms with van der Waals surface area (Å²) >= 11 is 0. The van der Waals surface area contributed by atoms with Gasteiger partial charge in [-0.05, 0) is 48.9 Å². The number of rotatable bonds is 9. The van der Waals surface area contributed by atoms with Crippen molar-refractivity contribution in [1.29, 1.82) is 0 Å². The molecule has 0 amide bonds. The Morgan fingerprint density at radius 1 is 1.23 bits per heavy atom. The smallest absolute Gasteiger partial charge is 0.330 e. The average molecular weight is 604 g/mol. The normalized spacial score (nSPS) is 28.8. The zero-order chi connectivity index (χ0) is 30.4. The van der Waals surface area contributed by atoms with Crippen LogP contribution in [-0.4, -0.2) is 70.9 Å². The molecule has 3 aromatic heterocycles. The Morgan fingerprint density at radius 2 is 2.09 bits per heavy atom. The second kappa shape index (κ2) is 11.8. The zero-order valence-corrected chi connectivity index (χ0v) is 24.0. The Kier molecular flexibility index (Phi) is 7.70. The van der Waals surface area contributed by atoms with Crippen molar-refractivity contribution in [3.05, 3.63) is 99.5 Å². The number of pyridine rings is 1. The van der Waals surface area contributed by atoms with Crippen LogP contribution in [0.4, 0.5) is 4.39 Å². The van der Waals surface area contributed by atoms with Crippen LogP contribution in [-0.2, 0) is 22.6 Å². The molecule has 13 heteroatoms. The molecule has 2 N–H and O–H groups in total. The van der Waals surface area contributed by atoms with E-state index >= 15 is 0 Å². The quantitative estimate of drug-likeness (QED) is 0.276. The van der Waals surface area contributed by atoms with Gasteiger partial charge in [-0.2, -0.15) is 4.39 Å². The summed E-state index contributed by atoms with van der Waals surface area (Å²) in [5.74, 6) is -0.0412. The van der Waals surface area contributed by atoms with E-state index in [0.29, 0.717) is 17.5 Å². The Bertz CT molecular complexity index is 1780. The fourth-order valence-electron chi connectivity index (χ4n) is 7.04. The third kappa shape index (κ3) is 5.40. The Labute approximate surface area is 251 Å². The Balaban J connectivity index is 1.07. The van der Waals surface area contributed by atoms with Gasteiger partial charge in [0.25, 0.3) is 5.56 Å². The maximum Gasteiger partial charge on any atom is 0.330 e. The molecule has 4 fully saturated rings. The van der Waals surface area contributed by atoms with Gasteiger partial charge in [-0.1, -0.05) is 29.5 Å². The number of ether oxygens (including phenoxy) is 2. The van der Waals surface area contributed by atoms with Crippen LogP contribution in [0.1, 0.15) is 42.9 Å². The molecule has 12 nitrogen and oxygen atoms in total. The van der Waals surface area contributed by atoms with Crippen molar-refractivity contribution < 1.29 is 19.0 Å². The number of hydrogen-bond acceptors (Lipinski definition) is 9. The molecule has 4 aromatic rings. The number of aromatic nitrogens is 6. The number of aliphatic hydroxyl groups is 1. The number of fused-ring (bicyclic) bond motifs is 4. The predicted molar refractivity (Wildman–Crippen MR) is 157 cm³/mol. The van der Waals surface area contributed by atoms with Gasteiger partial charge in [-0.25, -0.2) is 9.48 Å². The molecule has 0 spiro atoms. The minimum absolute atomic E-state index is 0.0495. The summed E-state index contributed by atoms with van der Waals surface area (Å²) in [6, 6.07) is 10.3. The molecule has 5 unspecified atom stereocenters. The van der Waals surface area contributed by atoms with Crippen molar-refractivity contribution in [2.24, 2.45) is 11.8 Å². The number of nitrogens with zero attached hydrogens (tertiary/aromatic N) is 6. The highest BCUT2D eigenvalue weighted by molar-refractivity contribution is 5.82. The summed E-state index contributed by atoms with van der Waals surface area (Å²) in [6.07, 6.45) is 5.89. The SMILES string of the molecule is C=CC1C[N@@]2CCC1C[C@@H]2[C@@H](OCc1cn(CC2OC(n3cc(F)c(=O)[nH]c3=O)CC2O)nn1)c1ccnc2ccccc12. The molecule has 7 heterocycles. The van der Waals surface area contributed by atoms with Crippen LogP contribution in [0.25, 0.3) is 10.9 Å². The number of H-pyrrole nitrogens is 1. The van der Waals surface area contributed by atoms with Gasteiger partial charge in [0.2, 0.25) is 5.82 Å². The van der Waals surface area contributed by atoms with Gasteiger partial charge in [0.15, 0.2) is 0 Å². The number of hydrogen-bond donors (Lipinski definition) is 2. The monoisotopic (exact) mass is 603 g/mol. The van der Waals surface area contributed by atoms with Gasteiger partial charge in [-0.15, -0.1) is 11.7 Å². The van der Waals surface area contributed by atoms with Crippen molar-refractivity contribution in [2.45, 2.75) is 63.0 Å². The fraction of sp³-hybridized carbons (Fsp3) is 0.452. The number of benzene rings is 1. The predicted octanol–water partition coefficient (Wildman–Crippen LogP) is 2.32. The molecule has 230 valence electrons. The maximum atomic E-state index is 13.8. The van der Waals surface area contributed by atoms with E-state index in [2.05, 4.69) is 38.9 Å². The summed E-state index contributed by atoms with van der Waals surface area (Å²) in [5.41, 5.74) is 0.722. The van der Waals surface area contributed by atoms with Crippen molar-refractivity contribution in [2.75, 3.05) is 13.1 Å². The maximum absolute atomic E-state index is 13.8. The van der Waals surface area contributed by atoms with Gasteiger partial charge in [0, 0.05) is 30.6 Å². The van der Waals surface area contributed by atoms with E-state index in [1.54, 1.807) is 10.9 Å². The lowest BCUT2D eigenvalue weighted by molar-refractivity contribution is -0.0809. The molecule has 4 saturated heterocycles. The number of para-hydroxylation sites is 1. The van der Waals surface area contributed by atoms with Crippen molar-refractivity contribution in [3.63, 3.8) is 0 Å². The van der Waals surface area contributed by atoms with Crippen LogP contribution in [0.2, 0.25) is 0 Å². The summed E-state index contributed by atoms with van der Waals surface area (Å²) in [7, 11) is 0. The number of nitrogens with one attached hydrogen (secondary N) is 1. The molecule has 0 radical (unpaired) electrons. The van der Waals surface area contributed by atoms with Crippen LogP contribution < -0.4 is 11.2 Å². The molecular formula is C31H34FN7O5. The molecular weight excluding hydrogens is 569 g/mol. The third-order valence-electron chi connectivity index (χ3n) is 9.30. The van der Waals surface area contributed by atoms with Gasteiger partial charge in [0.05, 0.1) is 43.3 Å². The van der Waals surface area contributed by atoms with Gasteiger partial charge in [0.1, 0.15) is 18.0 Å². The van der Waals surface area contributed by atoms with E-state index in [1.165, 1.54) is 0 Å². The van der Waals surface area contributed by atoms with Crippen LogP contribution in [0.5, 0.6) is 0 Å². The molecule has 44 heavy (non-hydrogen) atoms. The zero-order valence-electron chi connectivity index (χ0n) is 24.0. The first-order chi connectivity index (χ1) is 21.4. The highest BCUT2D eigenvalue weighted by atomic mass is 19.1. The summed E-state index contributed by atoms with van der Waals surface area (Å²) in [4.78, 5) is 32.6. The molecule has 8 rings (SSSR count). The molecule has 4 aliphatic rings. The van der Waals surface area contributed by atoms with Crippen LogP contribution >= 0.6 is 0 Å². The Hall–Kier alpha value is -4.04. The number of aromatic amines is 1. The third-order valence-corrected chi connectivity index (χ3v) is 9.30. The average Bonchev–Trinajstić information content (AvgIpc) is 3.65. The first-order valence-electron chi connectivity index (χ1n) is 14.9. The second-order valence-corrected chi connectivity index (χ2v) is 11.9. The van der Waals surface area contributed by atoms with Crippen LogP contribution in [0.15, 0.2) is 71.2 Å². The first-order valence-corrected chi connectivity index (χ1v) is 14.9.